The Hall–Kier alpha value is -0.680. The standard InChI is InChI=1S/C10H13ClF3NO/c1-15(2)8-4-6(10(12,13)14)7(11)5-9(8)16-3/h5,8H,4H2,1-3H3. The van der Waals surface area contributed by atoms with Crippen LogP contribution < -0.4 is 0 Å². The lowest BCUT2D eigenvalue weighted by Crippen LogP contribution is -2.35. The highest BCUT2D eigenvalue weighted by atomic mass is 35.5. The summed E-state index contributed by atoms with van der Waals surface area (Å²) < 4.78 is 42.9. The van der Waals surface area contributed by atoms with E-state index in [4.69, 9.17) is 16.3 Å². The Balaban J connectivity index is 3.10. The third kappa shape index (κ3) is 2.71. The summed E-state index contributed by atoms with van der Waals surface area (Å²) in [4.78, 5) is 1.67. The first-order valence-electron chi connectivity index (χ1n) is 4.65. The van der Waals surface area contributed by atoms with Crippen LogP contribution in [0.5, 0.6) is 0 Å². The van der Waals surface area contributed by atoms with Crippen molar-refractivity contribution in [3.8, 4) is 0 Å². The van der Waals surface area contributed by atoms with Crippen LogP contribution in [0.4, 0.5) is 13.2 Å². The van der Waals surface area contributed by atoms with E-state index in [1.165, 1.54) is 13.2 Å². The van der Waals surface area contributed by atoms with Crippen molar-refractivity contribution in [2.75, 3.05) is 21.2 Å². The number of ether oxygens (including phenoxy) is 1. The number of allylic oxidation sites excluding steroid dienone is 2. The molecule has 0 radical (unpaired) electrons. The monoisotopic (exact) mass is 255 g/mol. The topological polar surface area (TPSA) is 12.5 Å². The molecule has 92 valence electrons. The van der Waals surface area contributed by atoms with Crippen molar-refractivity contribution in [1.29, 1.82) is 0 Å². The Kier molecular flexibility index (Phi) is 3.91. The highest BCUT2D eigenvalue weighted by Gasteiger charge is 2.40. The van der Waals surface area contributed by atoms with Gasteiger partial charge in [-0.05, 0) is 20.2 Å². The van der Waals surface area contributed by atoms with Gasteiger partial charge in [-0.3, -0.25) is 4.90 Å². The molecule has 0 saturated heterocycles. The molecule has 0 aromatic rings. The largest absolute Gasteiger partial charge is 0.499 e. The van der Waals surface area contributed by atoms with Gasteiger partial charge in [-0.1, -0.05) is 11.6 Å². The van der Waals surface area contributed by atoms with Gasteiger partial charge in [0.15, 0.2) is 0 Å². The Morgan fingerprint density at radius 1 is 1.44 bits per heavy atom. The Morgan fingerprint density at radius 2 is 2.00 bits per heavy atom. The second kappa shape index (κ2) is 4.67. The lowest BCUT2D eigenvalue weighted by molar-refractivity contribution is -0.0962. The van der Waals surface area contributed by atoms with E-state index in [-0.39, 0.29) is 11.5 Å². The quantitative estimate of drug-likeness (QED) is 0.752. The smallest absolute Gasteiger partial charge is 0.414 e. The average molecular weight is 256 g/mol. The zero-order valence-corrected chi connectivity index (χ0v) is 9.99. The fraction of sp³-hybridized carbons (Fsp3) is 0.600. The summed E-state index contributed by atoms with van der Waals surface area (Å²) in [6.45, 7) is 0. The van der Waals surface area contributed by atoms with E-state index < -0.39 is 17.8 Å². The van der Waals surface area contributed by atoms with Crippen LogP contribution in [-0.4, -0.2) is 38.3 Å². The minimum Gasteiger partial charge on any atom is -0.499 e. The van der Waals surface area contributed by atoms with Crippen molar-refractivity contribution < 1.29 is 17.9 Å². The first kappa shape index (κ1) is 13.4. The second-order valence-corrected chi connectivity index (χ2v) is 4.17. The van der Waals surface area contributed by atoms with Crippen molar-refractivity contribution in [3.05, 3.63) is 22.4 Å². The predicted molar refractivity (Wildman–Crippen MR) is 56.1 cm³/mol. The van der Waals surface area contributed by atoms with Gasteiger partial charge in [0, 0.05) is 6.42 Å². The summed E-state index contributed by atoms with van der Waals surface area (Å²) in [6, 6.07) is -0.427. The van der Waals surface area contributed by atoms with Crippen LogP contribution in [0.25, 0.3) is 0 Å². The van der Waals surface area contributed by atoms with Crippen LogP contribution >= 0.6 is 11.6 Å². The van der Waals surface area contributed by atoms with Gasteiger partial charge in [0.2, 0.25) is 0 Å². The fourth-order valence-corrected chi connectivity index (χ4v) is 1.87. The SMILES string of the molecule is COC1=CC(Cl)=C(C(F)(F)F)CC1N(C)C. The molecule has 1 atom stereocenters. The van der Waals surface area contributed by atoms with Gasteiger partial charge in [0.1, 0.15) is 5.76 Å². The number of hydrogen-bond acceptors (Lipinski definition) is 2. The molecule has 16 heavy (non-hydrogen) atoms. The first-order valence-corrected chi connectivity index (χ1v) is 5.03. The lowest BCUT2D eigenvalue weighted by atomic mass is 9.97. The molecule has 0 aromatic carbocycles. The number of alkyl halides is 3. The Labute approximate surface area is 97.3 Å². The summed E-state index contributed by atoms with van der Waals surface area (Å²) in [6.07, 6.45) is -3.34. The van der Waals surface area contributed by atoms with Gasteiger partial charge >= 0.3 is 6.18 Å². The van der Waals surface area contributed by atoms with E-state index in [2.05, 4.69) is 0 Å². The molecule has 1 rings (SSSR count). The van der Waals surface area contributed by atoms with E-state index in [1.807, 2.05) is 0 Å². The molecule has 0 aliphatic heterocycles. The molecule has 0 spiro atoms. The molecule has 0 fully saturated rings. The third-order valence-electron chi connectivity index (χ3n) is 2.48. The summed E-state index contributed by atoms with van der Waals surface area (Å²) in [5, 5.41) is -0.289. The van der Waals surface area contributed by atoms with Crippen LogP contribution in [0.3, 0.4) is 0 Å². The van der Waals surface area contributed by atoms with E-state index in [0.717, 1.165) is 0 Å². The van der Waals surface area contributed by atoms with Gasteiger partial charge < -0.3 is 4.74 Å². The molecule has 0 bridgehead atoms. The van der Waals surface area contributed by atoms with E-state index in [9.17, 15) is 13.2 Å². The number of hydrogen-bond donors (Lipinski definition) is 0. The maximum absolute atomic E-state index is 12.6. The lowest BCUT2D eigenvalue weighted by Gasteiger charge is -2.30. The van der Waals surface area contributed by atoms with Crippen LogP contribution in [0, 0.1) is 0 Å². The van der Waals surface area contributed by atoms with Crippen LogP contribution in [0.15, 0.2) is 22.4 Å². The van der Waals surface area contributed by atoms with Crippen molar-refractivity contribution in [2.45, 2.75) is 18.6 Å². The number of nitrogens with zero attached hydrogens (tertiary/aromatic N) is 1. The first-order chi connectivity index (χ1) is 7.27. The highest BCUT2D eigenvalue weighted by molar-refractivity contribution is 6.31. The van der Waals surface area contributed by atoms with E-state index >= 15 is 0 Å². The van der Waals surface area contributed by atoms with Crippen molar-refractivity contribution in [2.24, 2.45) is 0 Å². The van der Waals surface area contributed by atoms with Crippen LogP contribution in [0.1, 0.15) is 6.42 Å². The van der Waals surface area contributed by atoms with E-state index in [0.29, 0.717) is 5.76 Å². The molecule has 0 heterocycles. The minimum absolute atomic E-state index is 0.186. The molecule has 1 aliphatic carbocycles. The van der Waals surface area contributed by atoms with Crippen LogP contribution in [-0.2, 0) is 4.74 Å². The molecule has 1 unspecified atom stereocenters. The van der Waals surface area contributed by atoms with Gasteiger partial charge in [-0.25, -0.2) is 0 Å². The maximum atomic E-state index is 12.6. The van der Waals surface area contributed by atoms with Gasteiger partial charge in [-0.15, -0.1) is 0 Å². The molecular weight excluding hydrogens is 243 g/mol. The highest BCUT2D eigenvalue weighted by Crippen LogP contribution is 2.39. The molecule has 0 saturated carbocycles. The van der Waals surface area contributed by atoms with Crippen molar-refractivity contribution in [1.82, 2.24) is 4.90 Å². The molecule has 0 N–H and O–H groups in total. The molecule has 1 aliphatic rings. The molecule has 2 nitrogen and oxygen atoms in total. The van der Waals surface area contributed by atoms with E-state index in [1.54, 1.807) is 19.0 Å². The number of rotatable bonds is 2. The molecule has 6 heteroatoms. The molecule has 0 aromatic heterocycles. The minimum atomic E-state index is -4.39. The number of methoxy groups -OCH3 is 1. The summed E-state index contributed by atoms with van der Waals surface area (Å²) in [7, 11) is 4.82. The maximum Gasteiger partial charge on any atom is 0.414 e. The van der Waals surface area contributed by atoms with Crippen LogP contribution in [0.2, 0.25) is 0 Å². The van der Waals surface area contributed by atoms with Gasteiger partial charge in [0.25, 0.3) is 0 Å². The zero-order valence-electron chi connectivity index (χ0n) is 9.23. The third-order valence-corrected chi connectivity index (χ3v) is 2.82. The molecule has 0 amide bonds. The number of likely N-dealkylation sites (N-methyl/N-ethyl adjacent to an activating group) is 1. The van der Waals surface area contributed by atoms with Crippen molar-refractivity contribution >= 4 is 11.6 Å². The van der Waals surface area contributed by atoms with Gasteiger partial charge in [-0.2, -0.15) is 13.2 Å². The summed E-state index contributed by atoms with van der Waals surface area (Å²) in [5.41, 5.74) is -0.700. The second-order valence-electron chi connectivity index (χ2n) is 3.76. The fourth-order valence-electron chi connectivity index (χ4n) is 1.58. The predicted octanol–water partition coefficient (Wildman–Crippen LogP) is 2.91. The summed E-state index contributed by atoms with van der Waals surface area (Å²) in [5.74, 6) is 0.447. The Bertz CT molecular complexity index is 333. The normalized spacial score (nSPS) is 22.5. The summed E-state index contributed by atoms with van der Waals surface area (Å²) >= 11 is 5.60. The zero-order chi connectivity index (χ0) is 12.5. The van der Waals surface area contributed by atoms with Gasteiger partial charge in [0.05, 0.1) is 23.8 Å². The molecular formula is C10H13ClF3NO. The van der Waals surface area contributed by atoms with Crippen molar-refractivity contribution in [3.63, 3.8) is 0 Å². The Morgan fingerprint density at radius 3 is 2.38 bits per heavy atom. The number of halogens is 4. The average Bonchev–Trinajstić information content (AvgIpc) is 2.14.